The van der Waals surface area contributed by atoms with Crippen molar-refractivity contribution in [2.75, 3.05) is 6.61 Å². The summed E-state index contributed by atoms with van der Waals surface area (Å²) in [4.78, 5) is 32.5. The predicted molar refractivity (Wildman–Crippen MR) is 127 cm³/mol. The highest BCUT2D eigenvalue weighted by molar-refractivity contribution is 5.82. The molecule has 0 aliphatic carbocycles. The Morgan fingerprint density at radius 2 is 2.03 bits per heavy atom. The highest BCUT2D eigenvalue weighted by Gasteiger charge is 2.64. The first kappa shape index (κ1) is 27.4. The van der Waals surface area contributed by atoms with Gasteiger partial charge >= 0.3 is 11.9 Å². The summed E-state index contributed by atoms with van der Waals surface area (Å²) in [5.41, 5.74) is -1.34. The zero-order chi connectivity index (χ0) is 26.6. The molecule has 1 unspecified atom stereocenters. The van der Waals surface area contributed by atoms with Crippen LogP contribution in [0, 0.1) is 5.92 Å². The summed E-state index contributed by atoms with van der Waals surface area (Å²) < 4.78 is 21.0. The maximum Gasteiger partial charge on any atom is 0.350 e. The van der Waals surface area contributed by atoms with E-state index in [1.54, 1.807) is 0 Å². The lowest BCUT2D eigenvalue weighted by Gasteiger charge is -2.50. The van der Waals surface area contributed by atoms with Crippen molar-refractivity contribution in [3.05, 3.63) is 12.2 Å². The van der Waals surface area contributed by atoms with Crippen molar-refractivity contribution >= 4 is 24.4 Å². The van der Waals surface area contributed by atoms with Crippen molar-refractivity contribution in [2.24, 2.45) is 5.92 Å². The second kappa shape index (κ2) is 11.4. The Labute approximate surface area is 217 Å². The number of carbonyl (C=O) groups is 3. The Bertz CT molecular complexity index is 939. The SMILES string of the molecule is CC[C@H]1C=CCC[C@@]2(C[C@@H]3CC[C@@H]4C(C(=O)OCCC(=O)[O-])[C@]5(CCC[C@@H](C)O5)NC(=[N+]34)N2)O1.O=C[O-]. The second-order valence-corrected chi connectivity index (χ2v) is 10.6. The van der Waals surface area contributed by atoms with Crippen LogP contribution in [0.4, 0.5) is 0 Å². The van der Waals surface area contributed by atoms with Gasteiger partial charge in [-0.1, -0.05) is 19.1 Å². The molecule has 2 fully saturated rings. The molecule has 0 aromatic carbocycles. The number of hydrogen-bond donors (Lipinski definition) is 2. The molecule has 2 N–H and O–H groups in total. The van der Waals surface area contributed by atoms with E-state index in [2.05, 4.69) is 34.3 Å². The van der Waals surface area contributed by atoms with Crippen LogP contribution in [0.15, 0.2) is 12.2 Å². The van der Waals surface area contributed by atoms with E-state index in [4.69, 9.17) is 24.1 Å². The predicted octanol–water partition coefficient (Wildman–Crippen LogP) is -0.725. The van der Waals surface area contributed by atoms with Crippen molar-refractivity contribution in [1.82, 2.24) is 10.6 Å². The molecule has 0 bridgehead atoms. The quantitative estimate of drug-likeness (QED) is 0.205. The number of nitrogens with one attached hydrogen (secondary N) is 2. The van der Waals surface area contributed by atoms with E-state index in [0.717, 1.165) is 57.3 Å². The zero-order valence-corrected chi connectivity index (χ0v) is 21.6. The number of carboxylic acids is 1. The molecule has 5 rings (SSSR count). The highest BCUT2D eigenvalue weighted by atomic mass is 16.6. The molecule has 0 radical (unpaired) electrons. The lowest BCUT2D eigenvalue weighted by atomic mass is 9.80. The molecule has 11 heteroatoms. The molecule has 2 saturated heterocycles. The molecule has 206 valence electrons. The lowest BCUT2D eigenvalue weighted by molar-refractivity contribution is -0.609. The summed E-state index contributed by atoms with van der Waals surface area (Å²) in [7, 11) is 0. The first-order valence-electron chi connectivity index (χ1n) is 13.4. The number of nitrogens with zero attached hydrogens (tertiary/aromatic N) is 1. The lowest BCUT2D eigenvalue weighted by Crippen LogP contribution is -2.76. The third kappa shape index (κ3) is 5.62. The molecule has 5 heterocycles. The minimum Gasteiger partial charge on any atom is -0.554 e. The van der Waals surface area contributed by atoms with Gasteiger partial charge in [0.2, 0.25) is 5.72 Å². The summed E-state index contributed by atoms with van der Waals surface area (Å²) in [6, 6.07) is 0.180. The van der Waals surface area contributed by atoms with Crippen LogP contribution in [0.3, 0.4) is 0 Å². The fraction of sp³-hybridized carbons (Fsp3) is 0.769. The van der Waals surface area contributed by atoms with Crippen molar-refractivity contribution in [3.63, 3.8) is 0 Å². The van der Waals surface area contributed by atoms with Gasteiger partial charge in [0.05, 0.1) is 30.9 Å². The van der Waals surface area contributed by atoms with Crippen molar-refractivity contribution < 1.29 is 43.4 Å². The number of guanidine groups is 1. The number of carboxylic acid groups (broad SMARTS) is 2. The standard InChI is InChI=1S/C25H37N3O6.CH2O2/c1-3-18-8-4-5-12-24(34-18)15-17-9-10-19-21(22(31)32-14-11-20(29)30)25(13-6-7-16(2)33-25)27-23(26-24)28(17)19;2-1-3/h4,8,16-19,21H,3,5-7,9-15H2,1-2H3,(H2,26,27,29,30);1H,(H,2,3)/p-1/t16-,17+,18+,19-,21?,24+,25-;/m1./s1. The Balaban J connectivity index is 0.00000102. The van der Waals surface area contributed by atoms with Crippen LogP contribution >= 0.6 is 0 Å². The average molecular weight is 521 g/mol. The molecule has 5 aliphatic heterocycles. The maximum absolute atomic E-state index is 13.4. The molecule has 5 aliphatic rings. The molecule has 0 saturated carbocycles. The van der Waals surface area contributed by atoms with Gasteiger partial charge < -0.3 is 34.0 Å². The van der Waals surface area contributed by atoms with Crippen LogP contribution in [0.25, 0.3) is 0 Å². The maximum atomic E-state index is 13.4. The van der Waals surface area contributed by atoms with E-state index in [1.165, 1.54) is 0 Å². The number of carbonyl (C=O) groups excluding carboxylic acids is 3. The largest absolute Gasteiger partial charge is 0.554 e. The van der Waals surface area contributed by atoms with Crippen molar-refractivity contribution in [3.8, 4) is 0 Å². The average Bonchev–Trinajstić information content (AvgIpc) is 3.14. The number of hydrogen-bond acceptors (Lipinski definition) is 10. The van der Waals surface area contributed by atoms with Crippen LogP contribution in [-0.2, 0) is 28.6 Å². The fourth-order valence-corrected chi connectivity index (χ4v) is 6.72. The molecule has 37 heavy (non-hydrogen) atoms. The van der Waals surface area contributed by atoms with Gasteiger partial charge in [-0.25, -0.2) is 10.6 Å². The summed E-state index contributed by atoms with van der Waals surface area (Å²) in [5, 5.41) is 26.5. The summed E-state index contributed by atoms with van der Waals surface area (Å²) >= 11 is 0. The Morgan fingerprint density at radius 3 is 2.73 bits per heavy atom. The van der Waals surface area contributed by atoms with Gasteiger partial charge in [-0.2, -0.15) is 0 Å². The van der Waals surface area contributed by atoms with E-state index in [-0.39, 0.29) is 37.3 Å². The normalized spacial score (nSPS) is 37.9. The van der Waals surface area contributed by atoms with Crippen LogP contribution in [0.2, 0.25) is 0 Å². The van der Waals surface area contributed by atoms with E-state index in [9.17, 15) is 14.7 Å². The third-order valence-electron chi connectivity index (χ3n) is 8.15. The molecule has 0 amide bonds. The van der Waals surface area contributed by atoms with Crippen LogP contribution in [0.1, 0.15) is 78.1 Å². The smallest absolute Gasteiger partial charge is 0.350 e. The summed E-state index contributed by atoms with van der Waals surface area (Å²) in [5.74, 6) is -1.27. The molecule has 2 spiro atoms. The minimum absolute atomic E-state index is 0.00414. The van der Waals surface area contributed by atoms with Gasteiger partial charge in [-0.3, -0.25) is 9.37 Å². The van der Waals surface area contributed by atoms with Gasteiger partial charge in [0.25, 0.3) is 0 Å². The van der Waals surface area contributed by atoms with Crippen LogP contribution in [0.5, 0.6) is 0 Å². The number of rotatable bonds is 5. The van der Waals surface area contributed by atoms with Crippen LogP contribution in [-0.4, -0.2) is 71.3 Å². The van der Waals surface area contributed by atoms with Gasteiger partial charge in [0.15, 0.2) is 11.6 Å². The molecular weight excluding hydrogens is 482 g/mol. The van der Waals surface area contributed by atoms with E-state index in [0.29, 0.717) is 6.42 Å². The molecule has 7 atom stereocenters. The Hall–Kier alpha value is -2.66. The molecule has 11 nitrogen and oxygen atoms in total. The first-order valence-corrected chi connectivity index (χ1v) is 13.4. The van der Waals surface area contributed by atoms with Gasteiger partial charge in [-0.05, 0) is 45.4 Å². The summed E-state index contributed by atoms with van der Waals surface area (Å²) in [6.45, 7) is 3.50. The molecule has 0 aromatic rings. The van der Waals surface area contributed by atoms with Crippen molar-refractivity contribution in [1.29, 1.82) is 0 Å². The van der Waals surface area contributed by atoms with Gasteiger partial charge in [0, 0.05) is 38.1 Å². The molecular formula is C26H38N3O8-. The topological polar surface area (TPSA) is 152 Å². The monoisotopic (exact) mass is 520 g/mol. The summed E-state index contributed by atoms with van der Waals surface area (Å²) in [6.07, 6.45) is 12.2. The second-order valence-electron chi connectivity index (χ2n) is 10.6. The Morgan fingerprint density at radius 1 is 1.24 bits per heavy atom. The van der Waals surface area contributed by atoms with Gasteiger partial charge in [-0.15, -0.1) is 0 Å². The van der Waals surface area contributed by atoms with E-state index >= 15 is 0 Å². The third-order valence-corrected chi connectivity index (χ3v) is 8.15. The Kier molecular flexibility index (Phi) is 8.42. The minimum atomic E-state index is -1.22. The number of allylic oxidation sites excluding steroid dienone is 1. The number of esters is 1. The van der Waals surface area contributed by atoms with E-state index in [1.807, 2.05) is 6.92 Å². The zero-order valence-electron chi connectivity index (χ0n) is 21.6. The van der Waals surface area contributed by atoms with Gasteiger partial charge in [0.1, 0.15) is 0 Å². The first-order chi connectivity index (χ1) is 17.8. The van der Waals surface area contributed by atoms with Crippen LogP contribution < -0.4 is 20.8 Å². The van der Waals surface area contributed by atoms with E-state index < -0.39 is 35.8 Å². The number of ether oxygens (including phenoxy) is 3. The van der Waals surface area contributed by atoms with Crippen molar-refractivity contribution in [2.45, 2.75) is 114 Å². The molecule has 0 aromatic heterocycles. The highest BCUT2D eigenvalue weighted by Crippen LogP contribution is 2.45. The fourth-order valence-electron chi connectivity index (χ4n) is 6.72. The number of aliphatic carboxylic acids is 1.